The number of carbonyl (C=O) groups excluding carboxylic acids is 1. The monoisotopic (exact) mass is 360 g/mol. The lowest BCUT2D eigenvalue weighted by Crippen LogP contribution is -2.24. The second kappa shape index (κ2) is 7.27. The van der Waals surface area contributed by atoms with Gasteiger partial charge in [-0.25, -0.2) is 4.79 Å². The molecule has 0 aliphatic rings. The molecule has 0 saturated carbocycles. The number of carbonyl (C=O) groups is 1. The molecule has 0 aromatic heterocycles. The molecule has 2 amide bonds. The van der Waals surface area contributed by atoms with Crippen LogP contribution in [0.5, 0.6) is 0 Å². The summed E-state index contributed by atoms with van der Waals surface area (Å²) in [6.07, 6.45) is 0. The molecule has 0 aliphatic heterocycles. The number of nitrogens with one attached hydrogen (secondary N) is 2. The molecule has 0 aliphatic carbocycles. The summed E-state index contributed by atoms with van der Waals surface area (Å²) in [5.74, 6) is 0. The highest BCUT2D eigenvalue weighted by Gasteiger charge is 2.11. The van der Waals surface area contributed by atoms with Gasteiger partial charge in [0.15, 0.2) is 0 Å². The Labute approximate surface area is 142 Å². The van der Waals surface area contributed by atoms with Crippen LogP contribution in [0.1, 0.15) is 0 Å². The van der Waals surface area contributed by atoms with Crippen LogP contribution in [0.15, 0.2) is 46.2 Å². The lowest BCUT2D eigenvalue weighted by Gasteiger charge is -2.10. The lowest BCUT2D eigenvalue weighted by molar-refractivity contribution is 0.254. The second-order valence-corrected chi connectivity index (χ2v) is 6.36. The Bertz CT molecular complexity index is 639. The fourth-order valence-electron chi connectivity index (χ4n) is 1.54. The van der Waals surface area contributed by atoms with Crippen molar-refractivity contribution in [1.29, 1.82) is 0 Å². The van der Waals surface area contributed by atoms with Crippen LogP contribution in [-0.4, -0.2) is 13.1 Å². The summed E-state index contributed by atoms with van der Waals surface area (Å²) in [4.78, 5) is 13.0. The van der Waals surface area contributed by atoms with Crippen LogP contribution in [-0.2, 0) is 0 Å². The predicted octanol–water partition coefficient (Wildman–Crippen LogP) is 5.55. The molecule has 2 aromatic rings. The standard InChI is InChI=1S/C14H11Cl3N2OS/c1-18-14(20)19-9-6-11(16)13(12(17)7-9)21-10-4-2-8(15)3-5-10/h2-7H,1H3,(H2,18,19,20). The van der Waals surface area contributed by atoms with E-state index in [-0.39, 0.29) is 6.03 Å². The van der Waals surface area contributed by atoms with Crippen molar-refractivity contribution in [3.05, 3.63) is 51.5 Å². The Hall–Kier alpha value is -1.07. The first-order valence-electron chi connectivity index (χ1n) is 5.91. The van der Waals surface area contributed by atoms with Crippen molar-refractivity contribution in [1.82, 2.24) is 5.32 Å². The van der Waals surface area contributed by atoms with E-state index in [2.05, 4.69) is 10.6 Å². The number of benzene rings is 2. The predicted molar refractivity (Wildman–Crippen MR) is 90.1 cm³/mol. The van der Waals surface area contributed by atoms with Crippen LogP contribution in [0.4, 0.5) is 10.5 Å². The maximum absolute atomic E-state index is 11.3. The minimum absolute atomic E-state index is 0.333. The number of halogens is 3. The summed E-state index contributed by atoms with van der Waals surface area (Å²) in [7, 11) is 1.53. The van der Waals surface area contributed by atoms with Crippen LogP contribution in [0.2, 0.25) is 15.1 Å². The molecular formula is C14H11Cl3N2OS. The summed E-state index contributed by atoms with van der Waals surface area (Å²) < 4.78 is 0. The minimum Gasteiger partial charge on any atom is -0.341 e. The second-order valence-electron chi connectivity index (χ2n) is 4.03. The fourth-order valence-corrected chi connectivity index (χ4v) is 3.21. The molecule has 21 heavy (non-hydrogen) atoms. The van der Waals surface area contributed by atoms with Gasteiger partial charge in [-0.15, -0.1) is 0 Å². The van der Waals surface area contributed by atoms with Crippen molar-refractivity contribution < 1.29 is 4.79 Å². The van der Waals surface area contributed by atoms with Gasteiger partial charge in [-0.05, 0) is 36.4 Å². The van der Waals surface area contributed by atoms with Crippen molar-refractivity contribution in [3.63, 3.8) is 0 Å². The van der Waals surface area contributed by atoms with Crippen molar-refractivity contribution in [3.8, 4) is 0 Å². The van der Waals surface area contributed by atoms with Gasteiger partial charge in [-0.2, -0.15) is 0 Å². The number of urea groups is 1. The Kier molecular flexibility index (Phi) is 5.65. The molecule has 2 aromatic carbocycles. The topological polar surface area (TPSA) is 41.1 Å². The van der Waals surface area contributed by atoms with Crippen molar-refractivity contribution in [2.24, 2.45) is 0 Å². The Morgan fingerprint density at radius 3 is 2.14 bits per heavy atom. The first-order valence-corrected chi connectivity index (χ1v) is 7.86. The first kappa shape index (κ1) is 16.3. The highest BCUT2D eigenvalue weighted by molar-refractivity contribution is 7.99. The van der Waals surface area contributed by atoms with E-state index in [9.17, 15) is 4.79 Å². The van der Waals surface area contributed by atoms with Gasteiger partial charge in [0.1, 0.15) is 0 Å². The SMILES string of the molecule is CNC(=O)Nc1cc(Cl)c(Sc2ccc(Cl)cc2)c(Cl)c1. The fraction of sp³-hybridized carbons (Fsp3) is 0.0714. The number of hydrogen-bond acceptors (Lipinski definition) is 2. The van der Waals surface area contributed by atoms with E-state index < -0.39 is 0 Å². The largest absolute Gasteiger partial charge is 0.341 e. The third-order valence-corrected chi connectivity index (χ3v) is 4.74. The average molecular weight is 362 g/mol. The summed E-state index contributed by atoms with van der Waals surface area (Å²) >= 11 is 19.8. The van der Waals surface area contributed by atoms with E-state index in [1.165, 1.54) is 18.8 Å². The number of anilines is 1. The molecule has 0 fully saturated rings. The highest BCUT2D eigenvalue weighted by atomic mass is 35.5. The van der Waals surface area contributed by atoms with Gasteiger partial charge in [0.25, 0.3) is 0 Å². The zero-order chi connectivity index (χ0) is 15.4. The molecule has 7 heteroatoms. The van der Waals surface area contributed by atoms with Crippen LogP contribution in [0.3, 0.4) is 0 Å². The normalized spacial score (nSPS) is 10.3. The van der Waals surface area contributed by atoms with Gasteiger partial charge >= 0.3 is 6.03 Å². The molecule has 110 valence electrons. The molecule has 0 bridgehead atoms. The van der Waals surface area contributed by atoms with Gasteiger partial charge in [-0.3, -0.25) is 0 Å². The smallest absolute Gasteiger partial charge is 0.318 e. The molecule has 0 radical (unpaired) electrons. The Morgan fingerprint density at radius 2 is 1.62 bits per heavy atom. The third-order valence-electron chi connectivity index (χ3n) is 2.52. The summed E-state index contributed by atoms with van der Waals surface area (Å²) in [6.45, 7) is 0. The number of hydrogen-bond donors (Lipinski definition) is 2. The molecule has 0 unspecified atom stereocenters. The molecule has 0 atom stereocenters. The van der Waals surface area contributed by atoms with Crippen molar-refractivity contribution >= 4 is 58.3 Å². The van der Waals surface area contributed by atoms with Crippen LogP contribution >= 0.6 is 46.6 Å². The average Bonchev–Trinajstić information content (AvgIpc) is 2.44. The molecule has 0 saturated heterocycles. The maximum Gasteiger partial charge on any atom is 0.318 e. The Morgan fingerprint density at radius 1 is 1.05 bits per heavy atom. The molecule has 0 spiro atoms. The number of rotatable bonds is 3. The summed E-state index contributed by atoms with van der Waals surface area (Å²) in [6, 6.07) is 10.3. The van der Waals surface area contributed by atoms with Crippen LogP contribution in [0, 0.1) is 0 Å². The van der Waals surface area contributed by atoms with E-state index in [1.807, 2.05) is 12.1 Å². The lowest BCUT2D eigenvalue weighted by atomic mass is 10.3. The van der Waals surface area contributed by atoms with Gasteiger partial charge in [0.05, 0.1) is 10.0 Å². The molecule has 3 nitrogen and oxygen atoms in total. The quantitative estimate of drug-likeness (QED) is 0.752. The molecular weight excluding hydrogens is 351 g/mol. The highest BCUT2D eigenvalue weighted by Crippen LogP contribution is 2.40. The van der Waals surface area contributed by atoms with E-state index in [1.54, 1.807) is 24.3 Å². The van der Waals surface area contributed by atoms with Gasteiger partial charge < -0.3 is 10.6 Å². The molecule has 2 rings (SSSR count). The zero-order valence-corrected chi connectivity index (χ0v) is 14.0. The van der Waals surface area contributed by atoms with Crippen LogP contribution in [0.25, 0.3) is 0 Å². The van der Waals surface area contributed by atoms with E-state index >= 15 is 0 Å². The summed E-state index contributed by atoms with van der Waals surface area (Å²) in [5.41, 5.74) is 0.532. The number of amides is 2. The molecule has 2 N–H and O–H groups in total. The zero-order valence-electron chi connectivity index (χ0n) is 10.9. The Balaban J connectivity index is 2.24. The third kappa shape index (κ3) is 4.45. The van der Waals surface area contributed by atoms with Gasteiger partial charge in [0, 0.05) is 27.5 Å². The van der Waals surface area contributed by atoms with Gasteiger partial charge in [-0.1, -0.05) is 46.6 Å². The summed E-state index contributed by atoms with van der Waals surface area (Å²) in [5, 5.41) is 6.69. The van der Waals surface area contributed by atoms with Crippen molar-refractivity contribution in [2.75, 3.05) is 12.4 Å². The molecule has 0 heterocycles. The van der Waals surface area contributed by atoms with Crippen LogP contribution < -0.4 is 10.6 Å². The van der Waals surface area contributed by atoms with E-state index in [0.29, 0.717) is 20.8 Å². The first-order chi connectivity index (χ1) is 9.99. The maximum atomic E-state index is 11.3. The van der Waals surface area contributed by atoms with E-state index in [4.69, 9.17) is 34.8 Å². The van der Waals surface area contributed by atoms with Gasteiger partial charge in [0.2, 0.25) is 0 Å². The van der Waals surface area contributed by atoms with E-state index in [0.717, 1.165) is 9.79 Å². The minimum atomic E-state index is -0.333. The van der Waals surface area contributed by atoms with Crippen molar-refractivity contribution in [2.45, 2.75) is 9.79 Å².